The molecule has 2 heterocycles. The Morgan fingerprint density at radius 2 is 2.16 bits per heavy atom. The summed E-state index contributed by atoms with van der Waals surface area (Å²) in [6.45, 7) is 5.51. The van der Waals surface area contributed by atoms with Crippen LogP contribution in [0.5, 0.6) is 0 Å². The standard InChI is InChI=1S/C14H17N3O2/c1-8-4-5-13(19-8)10(3)17-14(18)12-6-11(15)7-16-9(12)2/h4-7,10H,15H2,1-3H3,(H,17,18). The zero-order valence-electron chi connectivity index (χ0n) is 11.2. The number of anilines is 1. The van der Waals surface area contributed by atoms with Gasteiger partial charge in [-0.15, -0.1) is 0 Å². The summed E-state index contributed by atoms with van der Waals surface area (Å²) in [5.41, 5.74) is 7.25. The Hall–Kier alpha value is -2.30. The Bertz CT molecular complexity index is 604. The minimum atomic E-state index is -0.209. The number of nitrogens with zero attached hydrogens (tertiary/aromatic N) is 1. The zero-order valence-corrected chi connectivity index (χ0v) is 11.2. The predicted octanol–water partition coefficient (Wildman–Crippen LogP) is 2.36. The topological polar surface area (TPSA) is 81.2 Å². The third-order valence-electron chi connectivity index (χ3n) is 2.89. The average Bonchev–Trinajstić information content (AvgIpc) is 2.79. The number of nitrogen functional groups attached to an aromatic ring is 1. The van der Waals surface area contributed by atoms with E-state index in [-0.39, 0.29) is 11.9 Å². The van der Waals surface area contributed by atoms with Crippen LogP contribution in [0, 0.1) is 13.8 Å². The van der Waals surface area contributed by atoms with E-state index < -0.39 is 0 Å². The maximum atomic E-state index is 12.2. The van der Waals surface area contributed by atoms with Gasteiger partial charge in [0, 0.05) is 0 Å². The molecule has 0 radical (unpaired) electrons. The Kier molecular flexibility index (Phi) is 3.55. The highest BCUT2D eigenvalue weighted by molar-refractivity contribution is 5.96. The van der Waals surface area contributed by atoms with E-state index in [1.807, 2.05) is 26.0 Å². The van der Waals surface area contributed by atoms with Crippen molar-refractivity contribution < 1.29 is 9.21 Å². The minimum Gasteiger partial charge on any atom is -0.464 e. The fraction of sp³-hybridized carbons (Fsp3) is 0.286. The van der Waals surface area contributed by atoms with Crippen molar-refractivity contribution in [3.05, 3.63) is 47.2 Å². The van der Waals surface area contributed by atoms with Gasteiger partial charge in [-0.05, 0) is 39.0 Å². The lowest BCUT2D eigenvalue weighted by molar-refractivity contribution is 0.0934. The fourth-order valence-electron chi connectivity index (χ4n) is 1.81. The van der Waals surface area contributed by atoms with E-state index in [4.69, 9.17) is 10.2 Å². The number of aromatic nitrogens is 1. The van der Waals surface area contributed by atoms with E-state index in [2.05, 4.69) is 10.3 Å². The van der Waals surface area contributed by atoms with Crippen LogP contribution < -0.4 is 11.1 Å². The Morgan fingerprint density at radius 3 is 2.79 bits per heavy atom. The lowest BCUT2D eigenvalue weighted by Gasteiger charge is -2.12. The van der Waals surface area contributed by atoms with Gasteiger partial charge < -0.3 is 15.5 Å². The van der Waals surface area contributed by atoms with E-state index in [1.165, 1.54) is 6.20 Å². The van der Waals surface area contributed by atoms with Crippen LogP contribution in [0.15, 0.2) is 28.8 Å². The number of carbonyl (C=O) groups excluding carboxylic acids is 1. The molecule has 0 spiro atoms. The molecule has 2 aromatic rings. The molecule has 3 N–H and O–H groups in total. The van der Waals surface area contributed by atoms with Crippen LogP contribution in [0.2, 0.25) is 0 Å². The van der Waals surface area contributed by atoms with Crippen molar-refractivity contribution in [3.8, 4) is 0 Å². The van der Waals surface area contributed by atoms with Crippen LogP contribution in [0.4, 0.5) is 5.69 Å². The lowest BCUT2D eigenvalue weighted by atomic mass is 10.1. The Morgan fingerprint density at radius 1 is 1.42 bits per heavy atom. The van der Waals surface area contributed by atoms with Gasteiger partial charge in [-0.1, -0.05) is 0 Å². The molecule has 1 unspecified atom stereocenters. The van der Waals surface area contributed by atoms with E-state index in [9.17, 15) is 4.79 Å². The molecular weight excluding hydrogens is 242 g/mol. The summed E-state index contributed by atoms with van der Waals surface area (Å²) in [6, 6.07) is 5.13. The minimum absolute atomic E-state index is 0.206. The van der Waals surface area contributed by atoms with Crippen LogP contribution in [-0.4, -0.2) is 10.9 Å². The second-order valence-electron chi connectivity index (χ2n) is 4.55. The van der Waals surface area contributed by atoms with Crippen molar-refractivity contribution in [1.82, 2.24) is 10.3 Å². The predicted molar refractivity (Wildman–Crippen MR) is 72.7 cm³/mol. The second kappa shape index (κ2) is 5.14. The molecule has 0 aliphatic heterocycles. The first kappa shape index (κ1) is 13.1. The highest BCUT2D eigenvalue weighted by atomic mass is 16.3. The molecule has 2 rings (SSSR count). The average molecular weight is 259 g/mol. The number of hydrogen-bond donors (Lipinski definition) is 2. The third-order valence-corrected chi connectivity index (χ3v) is 2.89. The molecule has 0 aromatic carbocycles. The molecular formula is C14H17N3O2. The molecule has 0 saturated carbocycles. The zero-order chi connectivity index (χ0) is 14.0. The van der Waals surface area contributed by atoms with Crippen molar-refractivity contribution >= 4 is 11.6 Å². The smallest absolute Gasteiger partial charge is 0.253 e. The van der Waals surface area contributed by atoms with Gasteiger partial charge in [-0.25, -0.2) is 0 Å². The summed E-state index contributed by atoms with van der Waals surface area (Å²) in [5.74, 6) is 1.33. The van der Waals surface area contributed by atoms with Crippen LogP contribution in [0.1, 0.15) is 40.5 Å². The first-order valence-electron chi connectivity index (χ1n) is 6.06. The van der Waals surface area contributed by atoms with Gasteiger partial charge in [0.25, 0.3) is 5.91 Å². The molecule has 1 amide bonds. The number of aryl methyl sites for hydroxylation is 2. The SMILES string of the molecule is Cc1ccc(C(C)NC(=O)c2cc(N)cnc2C)o1. The van der Waals surface area contributed by atoms with Gasteiger partial charge in [0.2, 0.25) is 0 Å². The maximum Gasteiger partial charge on any atom is 0.253 e. The summed E-state index contributed by atoms with van der Waals surface area (Å²) >= 11 is 0. The van der Waals surface area contributed by atoms with Crippen LogP contribution >= 0.6 is 0 Å². The van der Waals surface area contributed by atoms with Crippen molar-refractivity contribution in [3.63, 3.8) is 0 Å². The van der Waals surface area contributed by atoms with Gasteiger partial charge in [-0.2, -0.15) is 0 Å². The molecule has 5 nitrogen and oxygen atoms in total. The number of hydrogen-bond acceptors (Lipinski definition) is 4. The molecule has 0 aliphatic rings. The molecule has 0 bridgehead atoms. The number of nitrogens with two attached hydrogens (primary N) is 1. The number of carbonyl (C=O) groups is 1. The summed E-state index contributed by atoms with van der Waals surface area (Å²) in [7, 11) is 0. The molecule has 19 heavy (non-hydrogen) atoms. The Balaban J connectivity index is 2.15. The van der Waals surface area contributed by atoms with E-state index in [1.54, 1.807) is 13.0 Å². The van der Waals surface area contributed by atoms with Crippen molar-refractivity contribution in [2.75, 3.05) is 5.73 Å². The summed E-state index contributed by atoms with van der Waals surface area (Å²) in [5, 5.41) is 2.87. The Labute approximate surface area is 111 Å². The highest BCUT2D eigenvalue weighted by Gasteiger charge is 2.16. The van der Waals surface area contributed by atoms with Crippen molar-refractivity contribution in [2.24, 2.45) is 0 Å². The first-order valence-corrected chi connectivity index (χ1v) is 6.06. The summed E-state index contributed by atoms with van der Waals surface area (Å²) < 4.78 is 5.48. The lowest BCUT2D eigenvalue weighted by Crippen LogP contribution is -2.27. The van der Waals surface area contributed by atoms with E-state index in [0.29, 0.717) is 16.9 Å². The van der Waals surface area contributed by atoms with E-state index >= 15 is 0 Å². The molecule has 100 valence electrons. The molecule has 5 heteroatoms. The number of rotatable bonds is 3. The summed E-state index contributed by atoms with van der Waals surface area (Å²) in [4.78, 5) is 16.2. The molecule has 0 aliphatic carbocycles. The molecule has 2 aromatic heterocycles. The number of furan rings is 1. The van der Waals surface area contributed by atoms with E-state index in [0.717, 1.165) is 11.5 Å². The molecule has 0 saturated heterocycles. The third kappa shape index (κ3) is 2.93. The second-order valence-corrected chi connectivity index (χ2v) is 4.55. The van der Waals surface area contributed by atoms with Crippen LogP contribution in [-0.2, 0) is 0 Å². The molecule has 0 fully saturated rings. The van der Waals surface area contributed by atoms with Crippen molar-refractivity contribution in [1.29, 1.82) is 0 Å². The number of pyridine rings is 1. The largest absolute Gasteiger partial charge is 0.464 e. The monoisotopic (exact) mass is 259 g/mol. The van der Waals surface area contributed by atoms with Crippen LogP contribution in [0.25, 0.3) is 0 Å². The normalized spacial score (nSPS) is 12.2. The quantitative estimate of drug-likeness (QED) is 0.886. The summed E-state index contributed by atoms with van der Waals surface area (Å²) in [6.07, 6.45) is 1.53. The van der Waals surface area contributed by atoms with Crippen LogP contribution in [0.3, 0.4) is 0 Å². The number of nitrogens with one attached hydrogen (secondary N) is 1. The van der Waals surface area contributed by atoms with Gasteiger partial charge in [-0.3, -0.25) is 9.78 Å². The number of amides is 1. The van der Waals surface area contributed by atoms with Gasteiger partial charge >= 0.3 is 0 Å². The fourth-order valence-corrected chi connectivity index (χ4v) is 1.81. The molecule has 1 atom stereocenters. The van der Waals surface area contributed by atoms with Crippen molar-refractivity contribution in [2.45, 2.75) is 26.8 Å². The van der Waals surface area contributed by atoms with Gasteiger partial charge in [0.05, 0.1) is 29.2 Å². The van der Waals surface area contributed by atoms with Gasteiger partial charge in [0.15, 0.2) is 0 Å². The first-order chi connectivity index (χ1) is 8.97. The highest BCUT2D eigenvalue weighted by Crippen LogP contribution is 2.17. The maximum absolute atomic E-state index is 12.2. The van der Waals surface area contributed by atoms with Gasteiger partial charge in [0.1, 0.15) is 11.5 Å².